The highest BCUT2D eigenvalue weighted by atomic mass is 19.1. The van der Waals surface area contributed by atoms with E-state index in [1.165, 1.54) is 0 Å². The van der Waals surface area contributed by atoms with Crippen LogP contribution in [0.15, 0.2) is 35.3 Å². The highest BCUT2D eigenvalue weighted by Crippen LogP contribution is 2.05. The topological polar surface area (TPSA) is 32.9 Å². The highest BCUT2D eigenvalue weighted by Gasteiger charge is 2.01. The Labute approximate surface area is 67.7 Å². The van der Waals surface area contributed by atoms with Crippen molar-refractivity contribution in [3.63, 3.8) is 0 Å². The summed E-state index contributed by atoms with van der Waals surface area (Å²) in [4.78, 5) is 13.8. The Kier molecular flexibility index (Phi) is 1.43. The Morgan fingerprint density at radius 2 is 2.00 bits per heavy atom. The Morgan fingerprint density at radius 1 is 1.25 bits per heavy atom. The average molecular weight is 163 g/mol. The van der Waals surface area contributed by atoms with Gasteiger partial charge in [0.05, 0.1) is 0 Å². The van der Waals surface area contributed by atoms with Crippen LogP contribution < -0.4 is 5.43 Å². The lowest BCUT2D eigenvalue weighted by Gasteiger charge is -1.94. The molecule has 60 valence electrons. The fourth-order valence-electron chi connectivity index (χ4n) is 1.14. The predicted octanol–water partition coefficient (Wildman–Crippen LogP) is 1.67. The van der Waals surface area contributed by atoms with Crippen LogP contribution in [0.4, 0.5) is 4.39 Å². The zero-order valence-electron chi connectivity index (χ0n) is 6.17. The van der Waals surface area contributed by atoms with Crippen LogP contribution in [-0.2, 0) is 0 Å². The molecule has 0 saturated carbocycles. The number of benzene rings is 1. The maximum Gasteiger partial charge on any atom is 0.224 e. The van der Waals surface area contributed by atoms with Crippen LogP contribution in [-0.4, -0.2) is 4.98 Å². The summed E-state index contributed by atoms with van der Waals surface area (Å²) in [5.41, 5.74) is 0.105. The number of pyridine rings is 1. The van der Waals surface area contributed by atoms with E-state index < -0.39 is 11.2 Å². The van der Waals surface area contributed by atoms with E-state index in [2.05, 4.69) is 4.98 Å². The number of halogens is 1. The summed E-state index contributed by atoms with van der Waals surface area (Å²) in [5.74, 6) is -0.742. The third kappa shape index (κ3) is 0.906. The van der Waals surface area contributed by atoms with Gasteiger partial charge in [-0.1, -0.05) is 12.1 Å². The van der Waals surface area contributed by atoms with Gasteiger partial charge in [-0.3, -0.25) is 4.79 Å². The molecular weight excluding hydrogens is 157 g/mol. The van der Waals surface area contributed by atoms with Gasteiger partial charge in [-0.2, -0.15) is 0 Å². The van der Waals surface area contributed by atoms with E-state index in [4.69, 9.17) is 0 Å². The molecule has 0 bridgehead atoms. The molecule has 2 nitrogen and oxygen atoms in total. The first-order valence-corrected chi connectivity index (χ1v) is 3.55. The third-order valence-corrected chi connectivity index (χ3v) is 1.74. The molecule has 12 heavy (non-hydrogen) atoms. The maximum absolute atomic E-state index is 12.7. The summed E-state index contributed by atoms with van der Waals surface area (Å²) in [6, 6.07) is 6.82. The molecule has 0 unspecified atom stereocenters. The molecule has 1 aromatic carbocycles. The van der Waals surface area contributed by atoms with E-state index in [1.54, 1.807) is 24.3 Å². The Bertz CT molecular complexity index is 475. The van der Waals surface area contributed by atoms with E-state index in [9.17, 15) is 9.18 Å². The van der Waals surface area contributed by atoms with E-state index in [-0.39, 0.29) is 0 Å². The molecule has 0 saturated heterocycles. The van der Waals surface area contributed by atoms with Crippen LogP contribution in [0.3, 0.4) is 0 Å². The maximum atomic E-state index is 12.7. The summed E-state index contributed by atoms with van der Waals surface area (Å²) < 4.78 is 12.7. The molecule has 0 radical (unpaired) electrons. The first-order valence-electron chi connectivity index (χ1n) is 3.55. The fourth-order valence-corrected chi connectivity index (χ4v) is 1.14. The van der Waals surface area contributed by atoms with Gasteiger partial charge in [0.1, 0.15) is 0 Å². The molecule has 3 heteroatoms. The van der Waals surface area contributed by atoms with Crippen molar-refractivity contribution in [2.75, 3.05) is 0 Å². The number of H-pyrrole nitrogens is 1. The standard InChI is InChI=1S/C9H6FNO/c10-7-5-11-8-4-2-1-3-6(8)9(7)12/h1-5H,(H,11,12). The van der Waals surface area contributed by atoms with E-state index in [0.29, 0.717) is 10.9 Å². The van der Waals surface area contributed by atoms with Crippen LogP contribution >= 0.6 is 0 Å². The lowest BCUT2D eigenvalue weighted by molar-refractivity contribution is 0.614. The van der Waals surface area contributed by atoms with Gasteiger partial charge < -0.3 is 4.98 Å². The van der Waals surface area contributed by atoms with Crippen molar-refractivity contribution in [2.45, 2.75) is 0 Å². The van der Waals surface area contributed by atoms with Crippen LogP contribution in [0.5, 0.6) is 0 Å². The second-order valence-electron chi connectivity index (χ2n) is 2.51. The SMILES string of the molecule is O=c1c(F)c[nH]c2ccccc12. The van der Waals surface area contributed by atoms with Gasteiger partial charge in [0.2, 0.25) is 5.43 Å². The van der Waals surface area contributed by atoms with Gasteiger partial charge in [0.25, 0.3) is 0 Å². The molecular formula is C9H6FNO. The second kappa shape index (κ2) is 2.44. The molecule has 2 aromatic rings. The van der Waals surface area contributed by atoms with Crippen molar-refractivity contribution >= 4 is 10.9 Å². The fraction of sp³-hybridized carbons (Fsp3) is 0. The molecule has 0 spiro atoms. The highest BCUT2D eigenvalue weighted by molar-refractivity contribution is 5.77. The molecule has 0 amide bonds. The van der Waals surface area contributed by atoms with Crippen molar-refractivity contribution in [3.05, 3.63) is 46.5 Å². The summed E-state index contributed by atoms with van der Waals surface area (Å²) in [7, 11) is 0. The lowest BCUT2D eigenvalue weighted by Crippen LogP contribution is -2.06. The first-order chi connectivity index (χ1) is 5.79. The van der Waals surface area contributed by atoms with Crippen LogP contribution in [0.2, 0.25) is 0 Å². The number of aromatic amines is 1. The van der Waals surface area contributed by atoms with E-state index in [1.807, 2.05) is 0 Å². The number of para-hydroxylation sites is 1. The van der Waals surface area contributed by atoms with Crippen LogP contribution in [0, 0.1) is 5.82 Å². The largest absolute Gasteiger partial charge is 0.358 e. The number of fused-ring (bicyclic) bond motifs is 1. The molecule has 0 aliphatic heterocycles. The number of hydrogen-bond acceptors (Lipinski definition) is 1. The van der Waals surface area contributed by atoms with Gasteiger partial charge in [-0.25, -0.2) is 4.39 Å². The number of hydrogen-bond donors (Lipinski definition) is 1. The van der Waals surface area contributed by atoms with Crippen molar-refractivity contribution in [1.29, 1.82) is 0 Å². The van der Waals surface area contributed by atoms with E-state index in [0.717, 1.165) is 6.20 Å². The third-order valence-electron chi connectivity index (χ3n) is 1.74. The van der Waals surface area contributed by atoms with Gasteiger partial charge in [0, 0.05) is 17.1 Å². The second-order valence-corrected chi connectivity index (χ2v) is 2.51. The van der Waals surface area contributed by atoms with Gasteiger partial charge in [-0.05, 0) is 12.1 Å². The normalized spacial score (nSPS) is 10.4. The van der Waals surface area contributed by atoms with Crippen LogP contribution in [0.1, 0.15) is 0 Å². The molecule has 0 atom stereocenters. The first kappa shape index (κ1) is 7.03. The molecule has 1 heterocycles. The number of rotatable bonds is 0. The van der Waals surface area contributed by atoms with Crippen molar-refractivity contribution < 1.29 is 4.39 Å². The Morgan fingerprint density at radius 3 is 2.83 bits per heavy atom. The summed E-state index contributed by atoms with van der Waals surface area (Å²) in [6.45, 7) is 0. The van der Waals surface area contributed by atoms with Gasteiger partial charge in [-0.15, -0.1) is 0 Å². The Balaban J connectivity index is 3.01. The summed E-state index contributed by atoms with van der Waals surface area (Å²) in [5, 5.41) is 0.387. The lowest BCUT2D eigenvalue weighted by atomic mass is 10.2. The monoisotopic (exact) mass is 163 g/mol. The number of aromatic nitrogens is 1. The predicted molar refractivity (Wildman–Crippen MR) is 44.5 cm³/mol. The molecule has 0 aliphatic carbocycles. The van der Waals surface area contributed by atoms with Crippen molar-refractivity contribution in [1.82, 2.24) is 4.98 Å². The molecule has 1 aromatic heterocycles. The minimum absolute atomic E-state index is 0.387. The quantitative estimate of drug-likeness (QED) is 0.629. The summed E-state index contributed by atoms with van der Waals surface area (Å²) in [6.07, 6.45) is 1.07. The molecule has 0 fully saturated rings. The molecule has 2 rings (SSSR count). The minimum atomic E-state index is -0.742. The van der Waals surface area contributed by atoms with Gasteiger partial charge >= 0.3 is 0 Å². The zero-order valence-corrected chi connectivity index (χ0v) is 6.17. The molecule has 0 aliphatic rings. The summed E-state index contributed by atoms with van der Waals surface area (Å²) >= 11 is 0. The van der Waals surface area contributed by atoms with Crippen molar-refractivity contribution in [2.24, 2.45) is 0 Å². The molecule has 1 N–H and O–H groups in total. The number of nitrogens with one attached hydrogen (secondary N) is 1. The smallest absolute Gasteiger partial charge is 0.224 e. The van der Waals surface area contributed by atoms with E-state index >= 15 is 0 Å². The van der Waals surface area contributed by atoms with Gasteiger partial charge in [0.15, 0.2) is 5.82 Å². The minimum Gasteiger partial charge on any atom is -0.358 e. The van der Waals surface area contributed by atoms with Crippen LogP contribution in [0.25, 0.3) is 10.9 Å². The van der Waals surface area contributed by atoms with Crippen molar-refractivity contribution in [3.8, 4) is 0 Å². The zero-order chi connectivity index (χ0) is 8.55. The average Bonchev–Trinajstić information content (AvgIpc) is 2.12. The Hall–Kier alpha value is -1.64.